The summed E-state index contributed by atoms with van der Waals surface area (Å²) in [5.41, 5.74) is 6.24. The number of hydrogen-bond donors (Lipinski definition) is 1. The Morgan fingerprint density at radius 1 is 1.32 bits per heavy atom. The molecule has 0 aliphatic heterocycles. The van der Waals surface area contributed by atoms with Gasteiger partial charge >= 0.3 is 0 Å². The second-order valence-electron chi connectivity index (χ2n) is 5.96. The summed E-state index contributed by atoms with van der Waals surface area (Å²) in [5, 5.41) is 0. The lowest BCUT2D eigenvalue weighted by Crippen LogP contribution is -2.35. The molecular weight excluding hydrogens is 267 g/mol. The number of sulfonamides is 1. The molecule has 4 nitrogen and oxygen atoms in total. The maximum atomic E-state index is 13.9. The zero-order valence-electron chi connectivity index (χ0n) is 12.0. The van der Waals surface area contributed by atoms with Crippen LogP contribution in [-0.2, 0) is 10.0 Å². The van der Waals surface area contributed by atoms with Crippen molar-refractivity contribution in [1.82, 2.24) is 4.31 Å². The third kappa shape index (κ3) is 3.67. The number of hydrogen-bond acceptors (Lipinski definition) is 3. The molecule has 0 bridgehead atoms. The van der Waals surface area contributed by atoms with Crippen molar-refractivity contribution in [1.29, 1.82) is 0 Å². The first-order valence-electron chi connectivity index (χ1n) is 5.97. The Balaban J connectivity index is 3.25. The van der Waals surface area contributed by atoms with Crippen LogP contribution in [0.25, 0.3) is 0 Å². The Morgan fingerprint density at radius 2 is 1.84 bits per heavy atom. The highest BCUT2D eigenvalue weighted by Gasteiger charge is 2.28. The number of nitrogen functional groups attached to an aromatic ring is 1. The molecule has 0 amide bonds. The van der Waals surface area contributed by atoms with Crippen molar-refractivity contribution >= 4 is 15.7 Å². The van der Waals surface area contributed by atoms with Gasteiger partial charge in [0.1, 0.15) is 10.7 Å². The molecule has 0 fully saturated rings. The molecule has 19 heavy (non-hydrogen) atoms. The van der Waals surface area contributed by atoms with Gasteiger partial charge in [-0.25, -0.2) is 17.1 Å². The van der Waals surface area contributed by atoms with Crippen molar-refractivity contribution in [3.8, 4) is 0 Å². The smallest absolute Gasteiger partial charge is 0.245 e. The molecule has 1 rings (SSSR count). The number of anilines is 1. The molecule has 0 unspecified atom stereocenters. The number of nitrogens with two attached hydrogens (primary N) is 1. The summed E-state index contributed by atoms with van der Waals surface area (Å²) in [6.45, 7) is 7.67. The highest BCUT2D eigenvalue weighted by Crippen LogP contribution is 2.26. The second kappa shape index (κ2) is 5.09. The number of nitrogens with zero attached hydrogens (tertiary/aromatic N) is 1. The van der Waals surface area contributed by atoms with E-state index in [0.717, 1.165) is 10.4 Å². The average Bonchev–Trinajstić information content (AvgIpc) is 2.20. The first-order valence-corrected chi connectivity index (χ1v) is 7.41. The van der Waals surface area contributed by atoms with Crippen LogP contribution in [0.5, 0.6) is 0 Å². The fraction of sp³-hybridized carbons (Fsp3) is 0.538. The lowest BCUT2D eigenvalue weighted by Gasteiger charge is -2.26. The largest absolute Gasteiger partial charge is 0.398 e. The molecule has 2 N–H and O–H groups in total. The molecule has 108 valence electrons. The van der Waals surface area contributed by atoms with Crippen molar-refractivity contribution in [2.75, 3.05) is 19.3 Å². The van der Waals surface area contributed by atoms with Crippen molar-refractivity contribution in [2.24, 2.45) is 5.41 Å². The van der Waals surface area contributed by atoms with Gasteiger partial charge in [0.15, 0.2) is 0 Å². The molecule has 0 aromatic heterocycles. The molecule has 0 saturated carbocycles. The van der Waals surface area contributed by atoms with Crippen molar-refractivity contribution in [3.63, 3.8) is 0 Å². The molecular formula is C13H21FN2O2S. The van der Waals surface area contributed by atoms with Gasteiger partial charge in [-0.3, -0.25) is 0 Å². The SMILES string of the molecule is Cc1cc(F)c(S(=O)(=O)N(C)CC(C)(C)C)cc1N. The van der Waals surface area contributed by atoms with Gasteiger partial charge in [-0.05, 0) is 30.0 Å². The van der Waals surface area contributed by atoms with E-state index < -0.39 is 15.8 Å². The highest BCUT2D eigenvalue weighted by atomic mass is 32.2. The van der Waals surface area contributed by atoms with E-state index in [0.29, 0.717) is 12.1 Å². The summed E-state index contributed by atoms with van der Waals surface area (Å²) in [5.74, 6) is -0.771. The zero-order valence-corrected chi connectivity index (χ0v) is 12.8. The number of rotatable bonds is 3. The minimum atomic E-state index is -3.86. The molecule has 0 atom stereocenters. The fourth-order valence-electron chi connectivity index (χ4n) is 1.79. The second-order valence-corrected chi connectivity index (χ2v) is 7.97. The predicted octanol–water partition coefficient (Wildman–Crippen LogP) is 2.38. The average molecular weight is 288 g/mol. The van der Waals surface area contributed by atoms with E-state index in [2.05, 4.69) is 0 Å². The Bertz CT molecular complexity index is 577. The summed E-state index contributed by atoms with van der Waals surface area (Å²) < 4.78 is 39.7. The lowest BCUT2D eigenvalue weighted by atomic mass is 9.97. The fourth-order valence-corrected chi connectivity index (χ4v) is 3.26. The molecule has 0 radical (unpaired) electrons. The number of halogens is 1. The maximum Gasteiger partial charge on any atom is 0.245 e. The topological polar surface area (TPSA) is 63.4 Å². The van der Waals surface area contributed by atoms with Crippen LogP contribution >= 0.6 is 0 Å². The van der Waals surface area contributed by atoms with Crippen LogP contribution in [0.15, 0.2) is 17.0 Å². The van der Waals surface area contributed by atoms with Gasteiger partial charge in [-0.1, -0.05) is 20.8 Å². The summed E-state index contributed by atoms with van der Waals surface area (Å²) in [6, 6.07) is 2.33. The van der Waals surface area contributed by atoms with E-state index in [4.69, 9.17) is 5.73 Å². The quantitative estimate of drug-likeness (QED) is 0.869. The van der Waals surface area contributed by atoms with Crippen molar-refractivity contribution in [2.45, 2.75) is 32.6 Å². The molecule has 0 heterocycles. The Labute approximate surface area is 114 Å². The minimum absolute atomic E-state index is 0.214. The Hall–Kier alpha value is -1.14. The van der Waals surface area contributed by atoms with Gasteiger partial charge in [0.05, 0.1) is 0 Å². The van der Waals surface area contributed by atoms with Crippen LogP contribution in [0.2, 0.25) is 0 Å². The summed E-state index contributed by atoms with van der Waals surface area (Å²) in [7, 11) is -2.42. The van der Waals surface area contributed by atoms with Crippen LogP contribution in [0.3, 0.4) is 0 Å². The molecule has 1 aromatic rings. The van der Waals surface area contributed by atoms with Gasteiger partial charge in [0.2, 0.25) is 10.0 Å². The van der Waals surface area contributed by atoms with Crippen LogP contribution < -0.4 is 5.73 Å². The monoisotopic (exact) mass is 288 g/mol. The third-order valence-corrected chi connectivity index (χ3v) is 4.52. The summed E-state index contributed by atoms with van der Waals surface area (Å²) in [4.78, 5) is -0.373. The first-order chi connectivity index (χ1) is 8.45. The Kier molecular flexibility index (Phi) is 4.27. The number of benzene rings is 1. The van der Waals surface area contributed by atoms with Gasteiger partial charge < -0.3 is 5.73 Å². The molecule has 0 saturated heterocycles. The van der Waals surface area contributed by atoms with Crippen LogP contribution in [-0.4, -0.2) is 26.3 Å². The third-order valence-electron chi connectivity index (χ3n) is 2.71. The number of aryl methyl sites for hydroxylation is 1. The zero-order chi connectivity index (χ0) is 15.0. The van der Waals surface area contributed by atoms with E-state index in [9.17, 15) is 12.8 Å². The summed E-state index contributed by atoms with van der Waals surface area (Å²) >= 11 is 0. The summed E-state index contributed by atoms with van der Waals surface area (Å²) in [6.07, 6.45) is 0. The maximum absolute atomic E-state index is 13.9. The Morgan fingerprint density at radius 3 is 2.32 bits per heavy atom. The van der Waals surface area contributed by atoms with Crippen LogP contribution in [0.1, 0.15) is 26.3 Å². The predicted molar refractivity (Wildman–Crippen MR) is 74.8 cm³/mol. The molecule has 1 aromatic carbocycles. The minimum Gasteiger partial charge on any atom is -0.398 e. The normalized spacial score (nSPS) is 13.0. The lowest BCUT2D eigenvalue weighted by molar-refractivity contribution is 0.310. The molecule has 6 heteroatoms. The van der Waals surface area contributed by atoms with Gasteiger partial charge in [-0.15, -0.1) is 0 Å². The van der Waals surface area contributed by atoms with E-state index >= 15 is 0 Å². The van der Waals surface area contributed by atoms with E-state index in [-0.39, 0.29) is 16.0 Å². The standard InChI is InChI=1S/C13H21FN2O2S/c1-9-6-10(14)12(7-11(9)15)19(17,18)16(5)8-13(2,3)4/h6-7H,8,15H2,1-5H3. The van der Waals surface area contributed by atoms with E-state index in [1.165, 1.54) is 13.1 Å². The van der Waals surface area contributed by atoms with E-state index in [1.54, 1.807) is 6.92 Å². The molecule has 0 spiro atoms. The van der Waals surface area contributed by atoms with Gasteiger partial charge in [0, 0.05) is 19.3 Å². The van der Waals surface area contributed by atoms with Crippen LogP contribution in [0.4, 0.5) is 10.1 Å². The van der Waals surface area contributed by atoms with Crippen molar-refractivity contribution in [3.05, 3.63) is 23.5 Å². The van der Waals surface area contributed by atoms with Gasteiger partial charge in [0.25, 0.3) is 0 Å². The highest BCUT2D eigenvalue weighted by molar-refractivity contribution is 7.89. The van der Waals surface area contributed by atoms with Crippen molar-refractivity contribution < 1.29 is 12.8 Å². The van der Waals surface area contributed by atoms with Gasteiger partial charge in [-0.2, -0.15) is 0 Å². The van der Waals surface area contributed by atoms with Crippen LogP contribution in [0, 0.1) is 18.2 Å². The molecule has 0 aliphatic rings. The molecule has 0 aliphatic carbocycles. The first kappa shape index (κ1) is 15.9. The van der Waals surface area contributed by atoms with E-state index in [1.807, 2.05) is 20.8 Å².